The van der Waals surface area contributed by atoms with Crippen LogP contribution in [0.4, 0.5) is 11.4 Å². The van der Waals surface area contributed by atoms with Gasteiger partial charge in [0.05, 0.1) is 21.0 Å². The van der Waals surface area contributed by atoms with Gasteiger partial charge in [-0.3, -0.25) is 14.9 Å². The third-order valence-electron chi connectivity index (χ3n) is 4.91. The van der Waals surface area contributed by atoms with Gasteiger partial charge in [-0.1, -0.05) is 18.2 Å². The number of nitro benzene ring substituents is 1. The zero-order valence-corrected chi connectivity index (χ0v) is 15.2. The van der Waals surface area contributed by atoms with Gasteiger partial charge >= 0.3 is 0 Å². The van der Waals surface area contributed by atoms with Crippen molar-refractivity contribution in [1.29, 1.82) is 0 Å². The van der Waals surface area contributed by atoms with Crippen LogP contribution < -0.4 is 4.90 Å². The fourth-order valence-corrected chi connectivity index (χ4v) is 4.76. The van der Waals surface area contributed by atoms with Crippen molar-refractivity contribution in [3.63, 3.8) is 0 Å². The Balaban J connectivity index is 1.86. The van der Waals surface area contributed by atoms with E-state index in [1.165, 1.54) is 24.3 Å². The average molecular weight is 374 g/mol. The summed E-state index contributed by atoms with van der Waals surface area (Å²) in [7, 11) is -1.99. The maximum atomic E-state index is 12.7. The number of likely N-dealkylation sites (N-methyl/N-ethyl adjacent to an activating group) is 1. The Morgan fingerprint density at radius 3 is 2.35 bits per heavy atom. The summed E-state index contributed by atoms with van der Waals surface area (Å²) in [5, 5.41) is 10.7. The van der Waals surface area contributed by atoms with Crippen molar-refractivity contribution in [3.05, 3.63) is 64.2 Å². The van der Waals surface area contributed by atoms with Crippen LogP contribution in [0.25, 0.3) is 0 Å². The molecular weight excluding hydrogens is 356 g/mol. The molecule has 2 aromatic carbocycles. The molecule has 2 aromatic rings. The van der Waals surface area contributed by atoms with Crippen LogP contribution in [-0.4, -0.2) is 32.0 Å². The number of hydrogen-bond acceptors (Lipinski definition) is 5. The number of fused-ring (bicyclic) bond motifs is 1. The molecule has 3 rings (SSSR count). The van der Waals surface area contributed by atoms with Gasteiger partial charge in [0.2, 0.25) is 5.91 Å². The summed E-state index contributed by atoms with van der Waals surface area (Å²) >= 11 is 0. The van der Waals surface area contributed by atoms with E-state index in [9.17, 15) is 23.3 Å². The van der Waals surface area contributed by atoms with Gasteiger partial charge in [-0.15, -0.1) is 0 Å². The maximum Gasteiger partial charge on any atom is 0.269 e. The minimum atomic E-state index is -3.67. The molecule has 1 amide bonds. The normalized spacial score (nSPS) is 19.5. The molecule has 26 heavy (non-hydrogen) atoms. The summed E-state index contributed by atoms with van der Waals surface area (Å²) in [6, 6.07) is 12.1. The van der Waals surface area contributed by atoms with E-state index in [4.69, 9.17) is 0 Å². The van der Waals surface area contributed by atoms with Gasteiger partial charge in [-0.2, -0.15) is 0 Å². The Morgan fingerprint density at radius 1 is 1.12 bits per heavy atom. The van der Waals surface area contributed by atoms with Crippen LogP contribution in [-0.2, 0) is 20.0 Å². The molecule has 8 heteroatoms. The number of carbonyl (C=O) groups excluding carboxylic acids is 1. The second kappa shape index (κ2) is 6.21. The lowest BCUT2D eigenvalue weighted by Gasteiger charge is -2.23. The first-order valence-corrected chi connectivity index (χ1v) is 9.67. The molecule has 0 radical (unpaired) electrons. The second-order valence-electron chi connectivity index (χ2n) is 6.53. The predicted molar refractivity (Wildman–Crippen MR) is 97.0 cm³/mol. The second-order valence-corrected chi connectivity index (χ2v) is 8.64. The quantitative estimate of drug-likeness (QED) is 0.592. The molecule has 0 aliphatic carbocycles. The predicted octanol–water partition coefficient (Wildman–Crippen LogP) is 2.69. The Morgan fingerprint density at radius 2 is 1.73 bits per heavy atom. The Kier molecular flexibility index (Phi) is 4.31. The van der Waals surface area contributed by atoms with Gasteiger partial charge in [-0.05, 0) is 37.1 Å². The molecule has 0 saturated heterocycles. The standard InChI is InChI=1S/C18H18N2O5S/c1-18(15-5-3-4-6-16(15)19(2)17(18)21)11-12-26(24,25)14-9-7-13(8-10-14)20(22)23/h3-10H,11-12H2,1-2H3. The lowest BCUT2D eigenvalue weighted by Crippen LogP contribution is -2.37. The highest BCUT2D eigenvalue weighted by Gasteiger charge is 2.46. The fourth-order valence-electron chi connectivity index (χ4n) is 3.30. The number of sulfone groups is 1. The van der Waals surface area contributed by atoms with Gasteiger partial charge in [0.15, 0.2) is 9.84 Å². The van der Waals surface area contributed by atoms with E-state index >= 15 is 0 Å². The molecule has 1 aliphatic rings. The average Bonchev–Trinajstić information content (AvgIpc) is 2.83. The largest absolute Gasteiger partial charge is 0.314 e. The van der Waals surface area contributed by atoms with Gasteiger partial charge in [-0.25, -0.2) is 8.42 Å². The summed E-state index contributed by atoms with van der Waals surface area (Å²) in [6.07, 6.45) is 0.131. The first-order chi connectivity index (χ1) is 12.2. The summed E-state index contributed by atoms with van der Waals surface area (Å²) in [6.45, 7) is 1.75. The molecule has 0 saturated carbocycles. The van der Waals surface area contributed by atoms with Gasteiger partial charge in [0, 0.05) is 24.9 Å². The Labute approximate surface area is 151 Å². The number of nitro groups is 1. The van der Waals surface area contributed by atoms with Crippen molar-refractivity contribution >= 4 is 27.1 Å². The molecule has 7 nitrogen and oxygen atoms in total. The third kappa shape index (κ3) is 2.86. The van der Waals surface area contributed by atoms with Crippen LogP contribution in [0, 0.1) is 10.1 Å². The number of carbonyl (C=O) groups is 1. The number of para-hydroxylation sites is 1. The van der Waals surface area contributed by atoms with E-state index < -0.39 is 20.2 Å². The van der Waals surface area contributed by atoms with Crippen molar-refractivity contribution in [2.75, 3.05) is 17.7 Å². The van der Waals surface area contributed by atoms with Gasteiger partial charge in [0.25, 0.3) is 5.69 Å². The van der Waals surface area contributed by atoms with Crippen molar-refractivity contribution < 1.29 is 18.1 Å². The molecule has 0 aromatic heterocycles. The first kappa shape index (κ1) is 18.1. The van der Waals surface area contributed by atoms with Gasteiger partial charge < -0.3 is 4.90 Å². The number of anilines is 1. The zero-order chi connectivity index (χ0) is 19.1. The van der Waals surface area contributed by atoms with E-state index in [1.807, 2.05) is 24.3 Å². The van der Waals surface area contributed by atoms with Crippen LogP contribution in [0.1, 0.15) is 18.9 Å². The fraction of sp³-hybridized carbons (Fsp3) is 0.278. The summed E-state index contributed by atoms with van der Waals surface area (Å²) in [5.74, 6) is -0.368. The van der Waals surface area contributed by atoms with Crippen molar-refractivity contribution in [2.45, 2.75) is 23.7 Å². The summed E-state index contributed by atoms with van der Waals surface area (Å²) in [4.78, 5) is 24.4. The van der Waals surface area contributed by atoms with Crippen molar-refractivity contribution in [2.24, 2.45) is 0 Å². The molecule has 1 unspecified atom stereocenters. The van der Waals surface area contributed by atoms with E-state index in [-0.39, 0.29) is 28.7 Å². The van der Waals surface area contributed by atoms with E-state index in [0.29, 0.717) is 0 Å². The number of nitrogens with zero attached hydrogens (tertiary/aromatic N) is 2. The van der Waals surface area contributed by atoms with Crippen LogP contribution in [0.5, 0.6) is 0 Å². The molecule has 1 atom stereocenters. The molecular formula is C18H18N2O5S. The molecule has 136 valence electrons. The number of amides is 1. The van der Waals surface area contributed by atoms with Crippen LogP contribution in [0.2, 0.25) is 0 Å². The topological polar surface area (TPSA) is 97.6 Å². The number of rotatable bonds is 5. The molecule has 0 spiro atoms. The van der Waals surface area contributed by atoms with Crippen LogP contribution >= 0.6 is 0 Å². The highest BCUT2D eigenvalue weighted by molar-refractivity contribution is 7.91. The smallest absolute Gasteiger partial charge is 0.269 e. The monoisotopic (exact) mass is 374 g/mol. The lowest BCUT2D eigenvalue weighted by molar-refractivity contribution is -0.384. The summed E-state index contributed by atoms with van der Waals surface area (Å²) in [5.41, 5.74) is 0.510. The Hall–Kier alpha value is -2.74. The zero-order valence-electron chi connectivity index (χ0n) is 14.4. The first-order valence-electron chi connectivity index (χ1n) is 8.02. The highest BCUT2D eigenvalue weighted by Crippen LogP contribution is 2.43. The van der Waals surface area contributed by atoms with Crippen molar-refractivity contribution in [3.8, 4) is 0 Å². The molecule has 0 N–H and O–H groups in total. The lowest BCUT2D eigenvalue weighted by atomic mass is 9.81. The molecule has 1 aliphatic heterocycles. The number of non-ortho nitro benzene ring substituents is 1. The summed E-state index contributed by atoms with van der Waals surface area (Å²) < 4.78 is 25.2. The Bertz CT molecular complexity index is 985. The molecule has 1 heterocycles. The van der Waals surface area contributed by atoms with E-state index in [2.05, 4.69) is 0 Å². The minimum Gasteiger partial charge on any atom is -0.314 e. The van der Waals surface area contributed by atoms with E-state index in [0.717, 1.165) is 11.3 Å². The molecule has 0 bridgehead atoms. The SMILES string of the molecule is CN1C(=O)C(C)(CCS(=O)(=O)c2ccc([N+](=O)[O-])cc2)c2ccccc21. The van der Waals surface area contributed by atoms with Crippen LogP contribution in [0.15, 0.2) is 53.4 Å². The molecule has 0 fully saturated rings. The highest BCUT2D eigenvalue weighted by atomic mass is 32.2. The minimum absolute atomic E-state index is 0.0128. The van der Waals surface area contributed by atoms with E-state index in [1.54, 1.807) is 18.9 Å². The third-order valence-corrected chi connectivity index (χ3v) is 6.65. The van der Waals surface area contributed by atoms with Crippen molar-refractivity contribution in [1.82, 2.24) is 0 Å². The van der Waals surface area contributed by atoms with Gasteiger partial charge in [0.1, 0.15) is 0 Å². The van der Waals surface area contributed by atoms with Crippen LogP contribution in [0.3, 0.4) is 0 Å². The maximum absolute atomic E-state index is 12.7. The number of hydrogen-bond donors (Lipinski definition) is 0. The number of benzene rings is 2.